The van der Waals surface area contributed by atoms with Crippen LogP contribution in [-0.4, -0.2) is 29.5 Å². The average molecular weight is 252 g/mol. The molecule has 0 aromatic carbocycles. The molecule has 0 unspecified atom stereocenters. The first-order valence-electron chi connectivity index (χ1n) is 3.48. The number of aliphatic hydroxyl groups is 2. The predicted molar refractivity (Wildman–Crippen MR) is 53.6 cm³/mol. The number of thiophene rings is 1. The van der Waals surface area contributed by atoms with Crippen molar-refractivity contribution in [3.8, 4) is 0 Å². The number of aliphatic hydroxyl groups excluding tert-OH is 2. The van der Waals surface area contributed by atoms with Gasteiger partial charge in [0.1, 0.15) is 0 Å². The molecule has 0 spiro atoms. The molecular weight excluding hydrogens is 242 g/mol. The zero-order valence-corrected chi connectivity index (χ0v) is 8.73. The van der Waals surface area contributed by atoms with Gasteiger partial charge in [-0.25, -0.2) is 0 Å². The Bertz CT molecular complexity index is 237. The van der Waals surface area contributed by atoms with Gasteiger partial charge in [-0.15, -0.1) is 11.3 Å². The molecule has 0 amide bonds. The molecule has 3 N–H and O–H groups in total. The maximum absolute atomic E-state index is 8.76. The van der Waals surface area contributed by atoms with Crippen LogP contribution in [0, 0.1) is 0 Å². The summed E-state index contributed by atoms with van der Waals surface area (Å²) in [7, 11) is 0. The van der Waals surface area contributed by atoms with Crippen molar-refractivity contribution < 1.29 is 10.2 Å². The Labute approximate surface area is 83.2 Å². The van der Waals surface area contributed by atoms with Gasteiger partial charge in [-0.05, 0) is 22.0 Å². The van der Waals surface area contributed by atoms with Crippen molar-refractivity contribution in [2.24, 2.45) is 0 Å². The minimum absolute atomic E-state index is 0.0635. The minimum atomic E-state index is -0.268. The van der Waals surface area contributed by atoms with Crippen molar-refractivity contribution in [3.63, 3.8) is 0 Å². The average Bonchev–Trinajstić information content (AvgIpc) is 2.47. The second kappa shape index (κ2) is 4.81. The third-order valence-corrected chi connectivity index (χ3v) is 2.98. The molecule has 1 rings (SSSR count). The van der Waals surface area contributed by atoms with Gasteiger partial charge < -0.3 is 15.5 Å². The number of nitrogens with one attached hydrogen (secondary N) is 1. The van der Waals surface area contributed by atoms with Gasteiger partial charge in [0.25, 0.3) is 0 Å². The summed E-state index contributed by atoms with van der Waals surface area (Å²) >= 11 is 4.84. The smallest absolute Gasteiger partial charge is 0.0897 e. The Kier molecular flexibility index (Phi) is 4.00. The van der Waals surface area contributed by atoms with E-state index >= 15 is 0 Å². The summed E-state index contributed by atoms with van der Waals surface area (Å²) in [5.74, 6) is 0. The number of rotatable bonds is 4. The molecule has 0 radical (unpaired) electrons. The van der Waals surface area contributed by atoms with Crippen LogP contribution in [0.15, 0.2) is 15.9 Å². The summed E-state index contributed by atoms with van der Waals surface area (Å²) in [6.07, 6.45) is 0. The van der Waals surface area contributed by atoms with Crippen molar-refractivity contribution in [1.82, 2.24) is 0 Å². The number of anilines is 1. The molecule has 5 heteroatoms. The highest BCUT2D eigenvalue weighted by Gasteiger charge is 2.05. The molecule has 68 valence electrons. The molecule has 0 fully saturated rings. The van der Waals surface area contributed by atoms with Crippen LogP contribution < -0.4 is 5.32 Å². The fraction of sp³-hybridized carbons (Fsp3) is 0.429. The van der Waals surface area contributed by atoms with Crippen molar-refractivity contribution in [3.05, 3.63) is 15.9 Å². The second-order valence-electron chi connectivity index (χ2n) is 2.34. The third-order valence-electron chi connectivity index (χ3n) is 1.35. The summed E-state index contributed by atoms with van der Waals surface area (Å²) < 4.78 is 1.00. The second-order valence-corrected chi connectivity index (χ2v) is 4.16. The minimum Gasteiger partial charge on any atom is -0.394 e. The van der Waals surface area contributed by atoms with E-state index in [1.165, 1.54) is 11.3 Å². The lowest BCUT2D eigenvalue weighted by Gasteiger charge is -2.12. The SMILES string of the molecule is OCC(CO)Nc1cc(Br)cs1. The van der Waals surface area contributed by atoms with Gasteiger partial charge in [0.2, 0.25) is 0 Å². The van der Waals surface area contributed by atoms with Crippen molar-refractivity contribution in [1.29, 1.82) is 0 Å². The van der Waals surface area contributed by atoms with E-state index in [4.69, 9.17) is 10.2 Å². The molecule has 3 nitrogen and oxygen atoms in total. The van der Waals surface area contributed by atoms with Gasteiger partial charge in [0.15, 0.2) is 0 Å². The largest absolute Gasteiger partial charge is 0.394 e. The molecule has 1 aromatic heterocycles. The van der Waals surface area contributed by atoms with Crippen LogP contribution >= 0.6 is 27.3 Å². The lowest BCUT2D eigenvalue weighted by Crippen LogP contribution is -2.27. The van der Waals surface area contributed by atoms with Gasteiger partial charge in [-0.3, -0.25) is 0 Å². The van der Waals surface area contributed by atoms with E-state index in [1.807, 2.05) is 11.4 Å². The zero-order chi connectivity index (χ0) is 8.97. The third kappa shape index (κ3) is 2.75. The van der Waals surface area contributed by atoms with Crippen LogP contribution in [0.5, 0.6) is 0 Å². The van der Waals surface area contributed by atoms with E-state index in [1.54, 1.807) is 0 Å². The van der Waals surface area contributed by atoms with E-state index in [9.17, 15) is 0 Å². The highest BCUT2D eigenvalue weighted by molar-refractivity contribution is 9.10. The topological polar surface area (TPSA) is 52.5 Å². The summed E-state index contributed by atoms with van der Waals surface area (Å²) in [6.45, 7) is -0.127. The molecule has 1 aromatic rings. The maximum atomic E-state index is 8.76. The highest BCUT2D eigenvalue weighted by atomic mass is 79.9. The fourth-order valence-electron chi connectivity index (χ4n) is 0.739. The van der Waals surface area contributed by atoms with Crippen molar-refractivity contribution >= 4 is 32.3 Å². The number of hydrogen-bond donors (Lipinski definition) is 3. The quantitative estimate of drug-likeness (QED) is 0.756. The Morgan fingerprint density at radius 3 is 2.58 bits per heavy atom. The van der Waals surface area contributed by atoms with Crippen LogP contribution in [0.2, 0.25) is 0 Å². The molecule has 0 aliphatic heterocycles. The molecule has 1 heterocycles. The summed E-state index contributed by atoms with van der Waals surface area (Å²) in [4.78, 5) is 0. The zero-order valence-electron chi connectivity index (χ0n) is 6.33. The molecule has 12 heavy (non-hydrogen) atoms. The first kappa shape index (κ1) is 9.98. The Balaban J connectivity index is 2.50. The van der Waals surface area contributed by atoms with Crippen LogP contribution in [0.1, 0.15) is 0 Å². The normalized spacial score (nSPS) is 10.7. The van der Waals surface area contributed by atoms with Gasteiger partial charge in [-0.1, -0.05) is 0 Å². The van der Waals surface area contributed by atoms with Crippen LogP contribution in [0.3, 0.4) is 0 Å². The van der Waals surface area contributed by atoms with Crippen LogP contribution in [-0.2, 0) is 0 Å². The van der Waals surface area contributed by atoms with Crippen LogP contribution in [0.4, 0.5) is 5.00 Å². The molecule has 0 aliphatic rings. The van der Waals surface area contributed by atoms with Gasteiger partial charge in [-0.2, -0.15) is 0 Å². The maximum Gasteiger partial charge on any atom is 0.0897 e. The van der Waals surface area contributed by atoms with Gasteiger partial charge in [0.05, 0.1) is 24.3 Å². The fourth-order valence-corrected chi connectivity index (χ4v) is 2.14. The Morgan fingerprint density at radius 2 is 2.17 bits per heavy atom. The lowest BCUT2D eigenvalue weighted by atomic mass is 10.3. The van der Waals surface area contributed by atoms with Crippen molar-refractivity contribution in [2.75, 3.05) is 18.5 Å². The van der Waals surface area contributed by atoms with Crippen LogP contribution in [0.25, 0.3) is 0 Å². The monoisotopic (exact) mass is 251 g/mol. The van der Waals surface area contributed by atoms with E-state index in [-0.39, 0.29) is 19.3 Å². The molecule has 0 saturated heterocycles. The van der Waals surface area contributed by atoms with E-state index in [2.05, 4.69) is 21.2 Å². The Morgan fingerprint density at radius 1 is 1.50 bits per heavy atom. The van der Waals surface area contributed by atoms with E-state index in [0.29, 0.717) is 0 Å². The molecule has 0 saturated carbocycles. The van der Waals surface area contributed by atoms with Gasteiger partial charge >= 0.3 is 0 Å². The summed E-state index contributed by atoms with van der Waals surface area (Å²) in [5, 5.41) is 23.4. The summed E-state index contributed by atoms with van der Waals surface area (Å²) in [6, 6.07) is 1.64. The van der Waals surface area contributed by atoms with E-state index in [0.717, 1.165) is 9.47 Å². The first-order chi connectivity index (χ1) is 5.76. The Hall–Kier alpha value is -0.100. The highest BCUT2D eigenvalue weighted by Crippen LogP contribution is 2.24. The standard InChI is InChI=1S/C7H10BrNO2S/c8-5-1-7(12-4-5)9-6(2-10)3-11/h1,4,6,9-11H,2-3H2. The molecule has 0 bridgehead atoms. The van der Waals surface area contributed by atoms with E-state index < -0.39 is 0 Å². The molecule has 0 atom stereocenters. The molecular formula is C7H10BrNO2S. The van der Waals surface area contributed by atoms with Gasteiger partial charge in [0, 0.05) is 9.85 Å². The first-order valence-corrected chi connectivity index (χ1v) is 5.16. The molecule has 0 aliphatic carbocycles. The number of hydrogen-bond acceptors (Lipinski definition) is 4. The van der Waals surface area contributed by atoms with Crippen molar-refractivity contribution in [2.45, 2.75) is 6.04 Å². The lowest BCUT2D eigenvalue weighted by molar-refractivity contribution is 0.204. The summed E-state index contributed by atoms with van der Waals surface area (Å²) in [5.41, 5.74) is 0. The number of halogens is 1. The predicted octanol–water partition coefficient (Wildman–Crippen LogP) is 1.28.